The number of hydrogen-bond donors (Lipinski definition) is 0. The normalized spacial score (nSPS) is 12.2. The van der Waals surface area contributed by atoms with Gasteiger partial charge in [-0.05, 0) is 35.9 Å². The van der Waals surface area contributed by atoms with E-state index in [0.29, 0.717) is 17.3 Å². The topological polar surface area (TPSA) is 73.1 Å². The van der Waals surface area contributed by atoms with Gasteiger partial charge >= 0.3 is 0 Å². The zero-order valence-corrected chi connectivity index (χ0v) is 12.8. The van der Waals surface area contributed by atoms with E-state index >= 15 is 0 Å². The van der Waals surface area contributed by atoms with Crippen LogP contribution in [0.4, 0.5) is 0 Å². The molecule has 112 valence electrons. The van der Waals surface area contributed by atoms with E-state index in [4.69, 9.17) is 16.4 Å². The number of likely N-dealkylation sites (N-methyl/N-ethyl adjacent to an activating group) is 1. The Labute approximate surface area is 127 Å². The number of aromatic nitrogens is 4. The van der Waals surface area contributed by atoms with Crippen LogP contribution in [0.5, 0.6) is 0 Å². The van der Waals surface area contributed by atoms with Crippen LogP contribution >= 0.6 is 11.6 Å². The molecule has 0 saturated carbocycles. The molecule has 1 amide bonds. The van der Waals surface area contributed by atoms with Crippen molar-refractivity contribution in [2.24, 2.45) is 0 Å². The number of benzene rings is 1. The highest BCUT2D eigenvalue weighted by molar-refractivity contribution is 6.30. The van der Waals surface area contributed by atoms with E-state index in [1.807, 2.05) is 6.92 Å². The van der Waals surface area contributed by atoms with E-state index in [9.17, 15) is 4.79 Å². The predicted molar refractivity (Wildman–Crippen MR) is 77.4 cm³/mol. The van der Waals surface area contributed by atoms with Crippen LogP contribution in [0.3, 0.4) is 0 Å². The zero-order chi connectivity index (χ0) is 15.4. The summed E-state index contributed by atoms with van der Waals surface area (Å²) in [5, 5.41) is 14.0. The summed E-state index contributed by atoms with van der Waals surface area (Å²) in [6, 6.07) is 6.54. The highest BCUT2D eigenvalue weighted by Gasteiger charge is 2.25. The number of tetrazole rings is 1. The highest BCUT2D eigenvalue weighted by Crippen LogP contribution is 2.19. The first-order valence-electron chi connectivity index (χ1n) is 6.44. The second kappa shape index (κ2) is 6.64. The van der Waals surface area contributed by atoms with Crippen LogP contribution in [0.25, 0.3) is 11.4 Å². The van der Waals surface area contributed by atoms with Crippen LogP contribution in [0.1, 0.15) is 19.4 Å². The SMILES string of the molecule is CCC(C(=O)N(C)OC)n1nnc(-c2ccc(Cl)cc2)n1. The lowest BCUT2D eigenvalue weighted by Crippen LogP contribution is -2.34. The Bertz CT molecular complexity index is 613. The third kappa shape index (κ3) is 3.37. The summed E-state index contributed by atoms with van der Waals surface area (Å²) in [4.78, 5) is 18.4. The van der Waals surface area contributed by atoms with Gasteiger partial charge in [-0.3, -0.25) is 9.63 Å². The molecule has 7 nitrogen and oxygen atoms in total. The maximum absolute atomic E-state index is 12.2. The minimum absolute atomic E-state index is 0.236. The lowest BCUT2D eigenvalue weighted by atomic mass is 10.2. The van der Waals surface area contributed by atoms with Gasteiger partial charge < -0.3 is 0 Å². The molecule has 0 fully saturated rings. The third-order valence-electron chi connectivity index (χ3n) is 3.07. The lowest BCUT2D eigenvalue weighted by Gasteiger charge is -2.19. The maximum Gasteiger partial charge on any atom is 0.272 e. The monoisotopic (exact) mass is 309 g/mol. The van der Waals surface area contributed by atoms with Gasteiger partial charge in [0, 0.05) is 17.6 Å². The van der Waals surface area contributed by atoms with Gasteiger partial charge in [0.15, 0.2) is 6.04 Å². The Morgan fingerprint density at radius 3 is 2.67 bits per heavy atom. The Morgan fingerprint density at radius 1 is 1.43 bits per heavy atom. The van der Waals surface area contributed by atoms with E-state index in [2.05, 4.69) is 15.4 Å². The number of amides is 1. The third-order valence-corrected chi connectivity index (χ3v) is 3.32. The molecule has 1 aromatic carbocycles. The van der Waals surface area contributed by atoms with E-state index in [0.717, 1.165) is 10.6 Å². The summed E-state index contributed by atoms with van der Waals surface area (Å²) in [6.07, 6.45) is 0.531. The zero-order valence-electron chi connectivity index (χ0n) is 12.0. The Morgan fingerprint density at radius 2 is 2.10 bits per heavy atom. The molecule has 1 atom stereocenters. The summed E-state index contributed by atoms with van der Waals surface area (Å²) in [5.41, 5.74) is 0.785. The molecule has 1 heterocycles. The van der Waals surface area contributed by atoms with Gasteiger partial charge in [0.25, 0.3) is 5.91 Å². The number of nitrogens with zero attached hydrogens (tertiary/aromatic N) is 5. The van der Waals surface area contributed by atoms with Crippen LogP contribution in [-0.2, 0) is 9.63 Å². The van der Waals surface area contributed by atoms with Gasteiger partial charge in [0.05, 0.1) is 7.11 Å². The largest absolute Gasteiger partial charge is 0.274 e. The molecule has 0 aliphatic carbocycles. The van der Waals surface area contributed by atoms with Gasteiger partial charge in [0.1, 0.15) is 0 Å². The molecule has 0 bridgehead atoms. The van der Waals surface area contributed by atoms with E-state index in [1.54, 1.807) is 31.3 Å². The molecular weight excluding hydrogens is 294 g/mol. The van der Waals surface area contributed by atoms with Gasteiger partial charge in [-0.15, -0.1) is 10.2 Å². The van der Waals surface area contributed by atoms with Gasteiger partial charge in [0.2, 0.25) is 5.82 Å². The first-order chi connectivity index (χ1) is 10.1. The number of rotatable bonds is 5. The van der Waals surface area contributed by atoms with Crippen LogP contribution < -0.4 is 0 Å². The second-order valence-corrected chi connectivity index (χ2v) is 4.82. The Hall–Kier alpha value is -1.99. The number of hydroxylamine groups is 2. The molecule has 0 aliphatic heterocycles. The van der Waals surface area contributed by atoms with Crippen molar-refractivity contribution in [3.8, 4) is 11.4 Å². The van der Waals surface area contributed by atoms with Gasteiger partial charge in [-0.2, -0.15) is 4.80 Å². The van der Waals surface area contributed by atoms with Crippen LogP contribution in [0.15, 0.2) is 24.3 Å². The minimum atomic E-state index is -0.552. The fraction of sp³-hybridized carbons (Fsp3) is 0.385. The fourth-order valence-corrected chi connectivity index (χ4v) is 1.93. The number of carbonyl (C=O) groups excluding carboxylic acids is 1. The summed E-state index contributed by atoms with van der Waals surface area (Å²) < 4.78 is 0. The van der Waals surface area contributed by atoms with Crippen molar-refractivity contribution in [2.45, 2.75) is 19.4 Å². The smallest absolute Gasteiger partial charge is 0.272 e. The van der Waals surface area contributed by atoms with Crippen molar-refractivity contribution in [2.75, 3.05) is 14.2 Å². The number of carbonyl (C=O) groups is 1. The van der Waals surface area contributed by atoms with Gasteiger partial charge in [-0.1, -0.05) is 18.5 Å². The van der Waals surface area contributed by atoms with Gasteiger partial charge in [-0.25, -0.2) is 5.06 Å². The van der Waals surface area contributed by atoms with Crippen molar-refractivity contribution in [3.05, 3.63) is 29.3 Å². The maximum atomic E-state index is 12.2. The van der Waals surface area contributed by atoms with Crippen molar-refractivity contribution in [1.29, 1.82) is 0 Å². The average molecular weight is 310 g/mol. The summed E-state index contributed by atoms with van der Waals surface area (Å²) in [7, 11) is 2.97. The highest BCUT2D eigenvalue weighted by atomic mass is 35.5. The molecule has 0 N–H and O–H groups in total. The van der Waals surface area contributed by atoms with Crippen molar-refractivity contribution in [3.63, 3.8) is 0 Å². The molecule has 2 aromatic rings. The first-order valence-corrected chi connectivity index (χ1v) is 6.81. The Balaban J connectivity index is 2.25. The first kappa shape index (κ1) is 15.4. The molecule has 8 heteroatoms. The minimum Gasteiger partial charge on any atom is -0.274 e. The standard InChI is InChI=1S/C13H16ClN5O2/c1-4-11(13(20)18(2)21-3)19-16-12(15-17-19)9-5-7-10(14)8-6-9/h5-8,11H,4H2,1-3H3. The summed E-state index contributed by atoms with van der Waals surface area (Å²) >= 11 is 5.84. The summed E-state index contributed by atoms with van der Waals surface area (Å²) in [5.74, 6) is 0.207. The molecule has 0 aliphatic rings. The molecule has 0 radical (unpaired) electrons. The number of hydrogen-bond acceptors (Lipinski definition) is 5. The average Bonchev–Trinajstić information content (AvgIpc) is 2.97. The van der Waals surface area contributed by atoms with Crippen LogP contribution in [0, 0.1) is 0 Å². The molecule has 0 saturated heterocycles. The van der Waals surface area contributed by atoms with Crippen molar-refractivity contribution in [1.82, 2.24) is 25.3 Å². The molecule has 1 aromatic heterocycles. The van der Waals surface area contributed by atoms with Crippen LogP contribution in [0.2, 0.25) is 5.02 Å². The number of halogens is 1. The van der Waals surface area contributed by atoms with E-state index < -0.39 is 6.04 Å². The van der Waals surface area contributed by atoms with E-state index in [-0.39, 0.29) is 5.91 Å². The second-order valence-electron chi connectivity index (χ2n) is 4.38. The Kier molecular flexibility index (Phi) is 4.87. The predicted octanol–water partition coefficient (Wildman–Crippen LogP) is 1.96. The lowest BCUT2D eigenvalue weighted by molar-refractivity contribution is -0.173. The quantitative estimate of drug-likeness (QED) is 0.789. The molecule has 2 rings (SSSR count). The van der Waals surface area contributed by atoms with E-state index in [1.165, 1.54) is 11.9 Å². The summed E-state index contributed by atoms with van der Waals surface area (Å²) in [6.45, 7) is 1.87. The molecule has 21 heavy (non-hydrogen) atoms. The van der Waals surface area contributed by atoms with Crippen molar-refractivity contribution >= 4 is 17.5 Å². The molecule has 1 unspecified atom stereocenters. The fourth-order valence-electron chi connectivity index (χ4n) is 1.81. The van der Waals surface area contributed by atoms with Crippen LogP contribution in [-0.4, -0.2) is 45.3 Å². The molecular formula is C13H16ClN5O2. The van der Waals surface area contributed by atoms with Crippen molar-refractivity contribution < 1.29 is 9.63 Å². The molecule has 0 spiro atoms.